The molecule has 0 spiro atoms. The molecule has 0 saturated heterocycles. The molecule has 0 aromatic rings. The topological polar surface area (TPSA) is 70.5 Å². The van der Waals surface area contributed by atoms with E-state index in [-0.39, 0.29) is 24.8 Å². The first kappa shape index (κ1) is 20.7. The second-order valence-electron chi connectivity index (χ2n) is 2.51. The molecule has 0 aromatic heterocycles. The van der Waals surface area contributed by atoms with Gasteiger partial charge in [0.15, 0.2) is 5.05 Å². The maximum atomic E-state index is 5.32. The van der Waals surface area contributed by atoms with E-state index < -0.39 is 0 Å². The van der Waals surface area contributed by atoms with E-state index in [1.54, 1.807) is 0 Å². The molecule has 0 rings (SSSR count). The van der Waals surface area contributed by atoms with Crippen LogP contribution in [-0.4, -0.2) is 38.0 Å². The van der Waals surface area contributed by atoms with Crippen LogP contribution in [0.4, 0.5) is 0 Å². The number of halogens is 2. The van der Waals surface area contributed by atoms with E-state index in [9.17, 15) is 0 Å². The van der Waals surface area contributed by atoms with Crippen LogP contribution in [0.25, 0.3) is 0 Å². The van der Waals surface area contributed by atoms with Gasteiger partial charge < -0.3 is 20.9 Å². The number of hydrogen-bond acceptors (Lipinski definition) is 5. The van der Waals surface area contributed by atoms with Gasteiger partial charge in [0, 0.05) is 13.0 Å². The Bertz CT molecular complexity index is 142. The molecule has 0 unspecified atom stereocenters. The highest BCUT2D eigenvalue weighted by Crippen LogP contribution is 1.93. The molecule has 4 nitrogen and oxygen atoms in total. The van der Waals surface area contributed by atoms with Gasteiger partial charge in [-0.25, -0.2) is 0 Å². The summed E-state index contributed by atoms with van der Waals surface area (Å²) in [5.41, 5.74) is 10.5. The van der Waals surface area contributed by atoms with Crippen molar-refractivity contribution in [1.29, 1.82) is 0 Å². The third kappa shape index (κ3) is 17.0. The van der Waals surface area contributed by atoms with Crippen molar-refractivity contribution in [3.63, 3.8) is 0 Å². The second-order valence-corrected chi connectivity index (χ2v) is 2.97. The van der Waals surface area contributed by atoms with Crippen molar-refractivity contribution in [3.05, 3.63) is 0 Å². The second kappa shape index (κ2) is 16.8. The van der Waals surface area contributed by atoms with Crippen LogP contribution in [0.1, 0.15) is 12.8 Å². The van der Waals surface area contributed by atoms with Gasteiger partial charge in [-0.2, -0.15) is 0 Å². The Morgan fingerprint density at radius 2 is 1.67 bits per heavy atom. The largest absolute Gasteiger partial charge is 0.485 e. The quantitative estimate of drug-likeness (QED) is 0.510. The summed E-state index contributed by atoms with van der Waals surface area (Å²) < 4.78 is 10.3. The van der Waals surface area contributed by atoms with Crippen LogP contribution in [-0.2, 0) is 9.47 Å². The first-order valence-electron chi connectivity index (χ1n) is 4.44. The van der Waals surface area contributed by atoms with E-state index in [0.29, 0.717) is 38.0 Å². The lowest BCUT2D eigenvalue weighted by Crippen LogP contribution is -2.14. The number of thiocarbonyl (C=S) groups is 1. The Labute approximate surface area is 109 Å². The lowest BCUT2D eigenvalue weighted by molar-refractivity contribution is 0.102. The summed E-state index contributed by atoms with van der Waals surface area (Å²) in [7, 11) is 0. The van der Waals surface area contributed by atoms with Gasteiger partial charge in [0.25, 0.3) is 0 Å². The average Bonchev–Trinajstić information content (AvgIpc) is 2.14. The molecule has 0 saturated carbocycles. The summed E-state index contributed by atoms with van der Waals surface area (Å²) in [5.74, 6) is 0. The van der Waals surface area contributed by atoms with Gasteiger partial charge in [0.2, 0.25) is 0 Å². The summed E-state index contributed by atoms with van der Waals surface area (Å²) in [6.07, 6.45) is 1.63. The van der Waals surface area contributed by atoms with Gasteiger partial charge in [0.1, 0.15) is 6.61 Å². The first-order chi connectivity index (χ1) is 6.31. The zero-order valence-corrected chi connectivity index (χ0v) is 11.1. The van der Waals surface area contributed by atoms with Crippen molar-refractivity contribution in [2.24, 2.45) is 11.5 Å². The van der Waals surface area contributed by atoms with Crippen molar-refractivity contribution in [1.82, 2.24) is 0 Å². The zero-order valence-electron chi connectivity index (χ0n) is 8.65. The molecule has 0 aliphatic heterocycles. The number of ether oxygens (including phenoxy) is 2. The fourth-order valence-corrected chi connectivity index (χ4v) is 0.946. The fourth-order valence-electron chi connectivity index (χ4n) is 0.718. The van der Waals surface area contributed by atoms with Gasteiger partial charge in [-0.05, 0) is 25.2 Å². The molecule has 0 amide bonds. The maximum absolute atomic E-state index is 5.32. The van der Waals surface area contributed by atoms with Crippen LogP contribution in [0, 0.1) is 0 Å². The summed E-state index contributed by atoms with van der Waals surface area (Å²) in [6, 6.07) is 0. The number of rotatable bonds is 8. The van der Waals surface area contributed by atoms with Crippen molar-refractivity contribution in [2.45, 2.75) is 12.8 Å². The maximum Gasteiger partial charge on any atom is 0.159 e. The number of nitrogens with two attached hydrogens (primary N) is 2. The lowest BCUT2D eigenvalue weighted by atomic mass is 10.3. The fraction of sp³-hybridized carbons (Fsp3) is 0.875. The Morgan fingerprint density at radius 3 is 2.20 bits per heavy atom. The minimum absolute atomic E-state index is 0. The minimum Gasteiger partial charge on any atom is -0.485 e. The molecule has 0 bridgehead atoms. The third-order valence-corrected chi connectivity index (χ3v) is 1.66. The number of hydrogen-bond donors (Lipinski definition) is 2. The van der Waals surface area contributed by atoms with E-state index in [2.05, 4.69) is 0 Å². The van der Waals surface area contributed by atoms with Crippen LogP contribution in [0.3, 0.4) is 0 Å². The van der Waals surface area contributed by atoms with Crippen LogP contribution < -0.4 is 11.5 Å². The lowest BCUT2D eigenvalue weighted by Gasteiger charge is -2.06. The molecular weight excluding hydrogens is 259 g/mol. The van der Waals surface area contributed by atoms with E-state index >= 15 is 0 Å². The van der Waals surface area contributed by atoms with Crippen molar-refractivity contribution in [2.75, 3.05) is 32.9 Å². The Morgan fingerprint density at radius 1 is 1.00 bits per heavy atom. The molecule has 15 heavy (non-hydrogen) atoms. The van der Waals surface area contributed by atoms with E-state index in [1.807, 2.05) is 0 Å². The van der Waals surface area contributed by atoms with Gasteiger partial charge in [-0.15, -0.1) is 24.8 Å². The molecule has 94 valence electrons. The first-order valence-corrected chi connectivity index (χ1v) is 4.85. The molecule has 0 atom stereocenters. The molecule has 0 heterocycles. The monoisotopic (exact) mass is 278 g/mol. The van der Waals surface area contributed by atoms with Crippen molar-refractivity contribution < 1.29 is 9.47 Å². The van der Waals surface area contributed by atoms with Crippen LogP contribution in [0.5, 0.6) is 0 Å². The van der Waals surface area contributed by atoms with Gasteiger partial charge in [0.05, 0.1) is 13.2 Å². The summed E-state index contributed by atoms with van der Waals surface area (Å²) in [5, 5.41) is 0.613. The molecule has 0 aliphatic rings. The van der Waals surface area contributed by atoms with Gasteiger partial charge >= 0.3 is 0 Å². The minimum atomic E-state index is 0. The van der Waals surface area contributed by atoms with E-state index in [1.165, 1.54) is 0 Å². The van der Waals surface area contributed by atoms with E-state index in [4.69, 9.17) is 33.2 Å². The highest BCUT2D eigenvalue weighted by molar-refractivity contribution is 7.80. The highest BCUT2D eigenvalue weighted by atomic mass is 35.5. The van der Waals surface area contributed by atoms with Crippen LogP contribution in [0.15, 0.2) is 0 Å². The molecule has 0 radical (unpaired) electrons. The third-order valence-electron chi connectivity index (χ3n) is 1.34. The Balaban J connectivity index is -0.000000720. The van der Waals surface area contributed by atoms with Gasteiger partial charge in [-0.1, -0.05) is 0 Å². The summed E-state index contributed by atoms with van der Waals surface area (Å²) >= 11 is 4.94. The zero-order chi connectivity index (χ0) is 9.94. The predicted molar refractivity (Wildman–Crippen MR) is 71.2 cm³/mol. The molecular formula is C8H20Cl2N2O2S. The molecule has 0 fully saturated rings. The molecule has 0 aliphatic carbocycles. The van der Waals surface area contributed by atoms with Crippen LogP contribution >= 0.6 is 37.0 Å². The predicted octanol–water partition coefficient (Wildman–Crippen LogP) is 0.888. The van der Waals surface area contributed by atoms with E-state index in [0.717, 1.165) is 12.8 Å². The smallest absolute Gasteiger partial charge is 0.159 e. The SMILES string of the molecule is Cl.Cl.NCCCC(=S)OCCOCCN. The average molecular weight is 279 g/mol. The van der Waals surface area contributed by atoms with Crippen molar-refractivity contribution in [3.8, 4) is 0 Å². The summed E-state index contributed by atoms with van der Waals surface area (Å²) in [6.45, 7) is 2.80. The highest BCUT2D eigenvalue weighted by Gasteiger charge is 1.96. The molecule has 4 N–H and O–H groups in total. The molecule has 0 aromatic carbocycles. The standard InChI is InChI=1S/C8H18N2O2S.2ClH/c9-3-1-2-8(13)12-7-6-11-5-4-10;;/h1-7,9-10H2;2*1H. The molecule has 7 heteroatoms. The Hall–Kier alpha value is 0.350. The van der Waals surface area contributed by atoms with Gasteiger partial charge in [-0.3, -0.25) is 0 Å². The Kier molecular flexibility index (Phi) is 23.2. The van der Waals surface area contributed by atoms with Crippen molar-refractivity contribution >= 4 is 42.1 Å². The summed E-state index contributed by atoms with van der Waals surface area (Å²) in [4.78, 5) is 0. The van der Waals surface area contributed by atoms with Crippen LogP contribution in [0.2, 0.25) is 0 Å². The normalized spacial score (nSPS) is 8.67.